The lowest BCUT2D eigenvalue weighted by atomic mass is 10.2. The minimum absolute atomic E-state index is 0.180. The molecule has 1 saturated heterocycles. The topological polar surface area (TPSA) is 103 Å². The van der Waals surface area contributed by atoms with Crippen LogP contribution in [0.5, 0.6) is 0 Å². The van der Waals surface area contributed by atoms with E-state index in [1.165, 1.54) is 20.1 Å². The molecule has 0 radical (unpaired) electrons. The first kappa shape index (κ1) is 27.6. The number of amides is 1. The zero-order valence-electron chi connectivity index (χ0n) is 22.3. The summed E-state index contributed by atoms with van der Waals surface area (Å²) in [6, 6.07) is 14.5. The number of nitrogens with one attached hydrogen (secondary N) is 1. The summed E-state index contributed by atoms with van der Waals surface area (Å²) in [6.45, 7) is 5.42. The van der Waals surface area contributed by atoms with E-state index in [1.54, 1.807) is 43.0 Å². The number of nitrogens with zero attached hydrogens (tertiary/aromatic N) is 5. The zero-order chi connectivity index (χ0) is 28.4. The van der Waals surface area contributed by atoms with E-state index in [2.05, 4.69) is 10.3 Å². The van der Waals surface area contributed by atoms with Crippen LogP contribution in [0.1, 0.15) is 24.6 Å². The molecule has 1 aromatic carbocycles. The second kappa shape index (κ2) is 11.6. The Kier molecular flexibility index (Phi) is 8.01. The lowest BCUT2D eigenvalue weighted by Gasteiger charge is -2.13. The minimum atomic E-state index is -0.471. The fourth-order valence-corrected chi connectivity index (χ4v) is 5.75. The number of carbonyl (C=O) groups excluding carboxylic acids is 1. The van der Waals surface area contributed by atoms with Crippen molar-refractivity contribution >= 4 is 57.4 Å². The van der Waals surface area contributed by atoms with Crippen molar-refractivity contribution in [3.8, 4) is 5.69 Å². The predicted molar refractivity (Wildman–Crippen MR) is 162 cm³/mol. The average Bonchev–Trinajstić information content (AvgIpc) is 3.35. The highest BCUT2D eigenvalue weighted by Gasteiger charge is 2.38. The van der Waals surface area contributed by atoms with Gasteiger partial charge in [0.05, 0.1) is 21.8 Å². The van der Waals surface area contributed by atoms with Gasteiger partial charge < -0.3 is 10.1 Å². The Bertz CT molecular complexity index is 1760. The number of para-hydroxylation sites is 1. The lowest BCUT2D eigenvalue weighted by molar-refractivity contribution is -0.113. The van der Waals surface area contributed by atoms with E-state index in [9.17, 15) is 14.4 Å². The number of benzene rings is 1. The van der Waals surface area contributed by atoms with Crippen LogP contribution >= 0.6 is 24.0 Å². The molecule has 206 valence electrons. The average molecular weight is 577 g/mol. The number of carbonyl (C=O) groups is 1. The van der Waals surface area contributed by atoms with Crippen molar-refractivity contribution in [2.45, 2.75) is 20.3 Å². The summed E-state index contributed by atoms with van der Waals surface area (Å²) in [5.41, 5.74) is 1.44. The molecular weight excluding hydrogens is 548 g/mol. The molecule has 1 N–H and O–H groups in total. The van der Waals surface area contributed by atoms with Crippen molar-refractivity contribution in [2.75, 3.05) is 30.0 Å². The third kappa shape index (κ3) is 5.01. The Labute approximate surface area is 239 Å². The predicted octanol–water partition coefficient (Wildman–Crippen LogP) is 3.74. The van der Waals surface area contributed by atoms with E-state index in [0.29, 0.717) is 49.0 Å². The molecule has 4 aromatic rings. The number of anilines is 2. The quantitative estimate of drug-likeness (QED) is 0.183. The number of thiocarbonyl (C=S) groups is 1. The highest BCUT2D eigenvalue weighted by Crippen LogP contribution is 2.36. The van der Waals surface area contributed by atoms with Gasteiger partial charge in [0.25, 0.3) is 17.0 Å². The SMILES string of the molecule is CCOCCCNc1nc2ccccn2c(=O)c1C=C1SC(=S)N(c2c(C)n(C)n(-c3ccccc3)c2=O)C1=O. The number of ether oxygens (including phenoxy) is 1. The van der Waals surface area contributed by atoms with Crippen molar-refractivity contribution < 1.29 is 9.53 Å². The highest BCUT2D eigenvalue weighted by molar-refractivity contribution is 8.27. The van der Waals surface area contributed by atoms with Gasteiger partial charge in [-0.25, -0.2) is 9.67 Å². The van der Waals surface area contributed by atoms with Crippen molar-refractivity contribution in [3.05, 3.63) is 91.6 Å². The van der Waals surface area contributed by atoms with Crippen LogP contribution in [0.2, 0.25) is 0 Å². The molecule has 5 rings (SSSR count). The van der Waals surface area contributed by atoms with Crippen LogP contribution < -0.4 is 21.3 Å². The van der Waals surface area contributed by atoms with E-state index in [1.807, 2.05) is 37.3 Å². The number of hydrogen-bond donors (Lipinski definition) is 1. The van der Waals surface area contributed by atoms with E-state index >= 15 is 0 Å². The smallest absolute Gasteiger partial charge is 0.296 e. The van der Waals surface area contributed by atoms with Crippen LogP contribution in [-0.2, 0) is 16.6 Å². The van der Waals surface area contributed by atoms with Crippen LogP contribution in [0.15, 0.2) is 69.2 Å². The highest BCUT2D eigenvalue weighted by atomic mass is 32.2. The Hall–Kier alpha value is -4.00. The molecule has 0 saturated carbocycles. The van der Waals surface area contributed by atoms with Crippen molar-refractivity contribution in [1.29, 1.82) is 0 Å². The molecule has 40 heavy (non-hydrogen) atoms. The van der Waals surface area contributed by atoms with Gasteiger partial charge in [-0.2, -0.15) is 0 Å². The van der Waals surface area contributed by atoms with E-state index in [4.69, 9.17) is 17.0 Å². The van der Waals surface area contributed by atoms with E-state index < -0.39 is 5.91 Å². The lowest BCUT2D eigenvalue weighted by Crippen LogP contribution is -2.33. The summed E-state index contributed by atoms with van der Waals surface area (Å²) in [5, 5.41) is 3.22. The Balaban J connectivity index is 1.55. The van der Waals surface area contributed by atoms with Crippen LogP contribution in [0.25, 0.3) is 17.4 Å². The molecule has 0 atom stereocenters. The Morgan fingerprint density at radius 2 is 1.82 bits per heavy atom. The molecule has 12 heteroatoms. The first-order chi connectivity index (χ1) is 19.3. The Morgan fingerprint density at radius 3 is 2.58 bits per heavy atom. The fourth-order valence-electron chi connectivity index (χ4n) is 4.50. The first-order valence-corrected chi connectivity index (χ1v) is 14.0. The van der Waals surface area contributed by atoms with Crippen LogP contribution in [0.4, 0.5) is 11.5 Å². The van der Waals surface area contributed by atoms with Crippen molar-refractivity contribution in [3.63, 3.8) is 0 Å². The summed E-state index contributed by atoms with van der Waals surface area (Å²) >= 11 is 6.62. The van der Waals surface area contributed by atoms with Crippen LogP contribution in [0.3, 0.4) is 0 Å². The van der Waals surface area contributed by atoms with Gasteiger partial charge in [-0.3, -0.25) is 28.4 Å². The maximum atomic E-state index is 13.7. The molecule has 1 fully saturated rings. The van der Waals surface area contributed by atoms with Gasteiger partial charge in [-0.15, -0.1) is 0 Å². The number of thioether (sulfide) groups is 1. The maximum absolute atomic E-state index is 13.7. The van der Waals surface area contributed by atoms with Gasteiger partial charge in [0, 0.05) is 33.0 Å². The fraction of sp³-hybridized carbons (Fsp3) is 0.250. The van der Waals surface area contributed by atoms with Crippen LogP contribution in [0, 0.1) is 6.92 Å². The molecule has 0 unspecified atom stereocenters. The van der Waals surface area contributed by atoms with Gasteiger partial charge in [-0.1, -0.05) is 48.2 Å². The van der Waals surface area contributed by atoms with E-state index in [0.717, 1.165) is 11.8 Å². The molecule has 0 aliphatic carbocycles. The maximum Gasteiger partial charge on any atom is 0.296 e. The summed E-state index contributed by atoms with van der Waals surface area (Å²) in [6.07, 6.45) is 3.85. The molecular formula is C28H28N6O4S2. The standard InChI is InChI=1S/C28H28N6O4S2/c1-4-38-16-10-14-29-24-20(25(35)32-15-9-8-13-22(32)30-24)17-21-26(36)33(28(39)40-21)23-18(2)31(3)34(27(23)37)19-11-6-5-7-12-19/h5-9,11-13,15,17,29H,4,10,14,16H2,1-3H3. The largest absolute Gasteiger partial charge is 0.382 e. The zero-order valence-corrected chi connectivity index (χ0v) is 23.9. The molecule has 4 heterocycles. The monoisotopic (exact) mass is 576 g/mol. The second-order valence-corrected chi connectivity index (χ2v) is 10.7. The van der Waals surface area contributed by atoms with Crippen molar-refractivity contribution in [2.24, 2.45) is 7.05 Å². The Morgan fingerprint density at radius 1 is 1.07 bits per heavy atom. The number of aromatic nitrogens is 4. The third-order valence-corrected chi connectivity index (χ3v) is 7.85. The number of rotatable bonds is 9. The molecule has 0 bridgehead atoms. The summed E-state index contributed by atoms with van der Waals surface area (Å²) in [5.74, 6) is -0.110. The molecule has 10 nitrogen and oxygen atoms in total. The number of fused-ring (bicyclic) bond motifs is 1. The first-order valence-electron chi connectivity index (χ1n) is 12.8. The van der Waals surface area contributed by atoms with Gasteiger partial charge >= 0.3 is 0 Å². The second-order valence-electron chi connectivity index (χ2n) is 9.01. The van der Waals surface area contributed by atoms with E-state index in [-0.39, 0.29) is 31.6 Å². The molecule has 3 aromatic heterocycles. The molecule has 1 aliphatic heterocycles. The van der Waals surface area contributed by atoms with Gasteiger partial charge in [0.1, 0.15) is 17.2 Å². The van der Waals surface area contributed by atoms with Gasteiger partial charge in [0.2, 0.25) is 0 Å². The molecule has 0 spiro atoms. The van der Waals surface area contributed by atoms with Gasteiger partial charge in [0.15, 0.2) is 4.32 Å². The van der Waals surface area contributed by atoms with Crippen LogP contribution in [-0.4, -0.2) is 48.7 Å². The molecule has 1 amide bonds. The minimum Gasteiger partial charge on any atom is -0.382 e. The summed E-state index contributed by atoms with van der Waals surface area (Å²) in [4.78, 5) is 46.9. The normalized spacial score (nSPS) is 14.6. The van der Waals surface area contributed by atoms with Gasteiger partial charge in [-0.05, 0) is 50.6 Å². The summed E-state index contributed by atoms with van der Waals surface area (Å²) in [7, 11) is 1.76. The molecule has 1 aliphatic rings. The number of hydrogen-bond acceptors (Lipinski definition) is 8. The van der Waals surface area contributed by atoms with Crippen molar-refractivity contribution in [1.82, 2.24) is 18.7 Å². The number of pyridine rings is 1. The summed E-state index contributed by atoms with van der Waals surface area (Å²) < 4.78 is 10.2. The third-order valence-electron chi connectivity index (χ3n) is 6.55.